The summed E-state index contributed by atoms with van der Waals surface area (Å²) in [5.41, 5.74) is 2.89. The van der Waals surface area contributed by atoms with Crippen molar-refractivity contribution in [3.63, 3.8) is 0 Å². The predicted octanol–water partition coefficient (Wildman–Crippen LogP) is 2.43. The Bertz CT molecular complexity index is 383. The maximum absolute atomic E-state index is 3.49. The minimum atomic E-state index is 0.675. The second-order valence-corrected chi connectivity index (χ2v) is 4.59. The molecule has 13 heavy (non-hydrogen) atoms. The summed E-state index contributed by atoms with van der Waals surface area (Å²) in [5.74, 6) is 0.786. The van der Waals surface area contributed by atoms with Gasteiger partial charge >= 0.3 is 0 Å². The van der Waals surface area contributed by atoms with Crippen molar-refractivity contribution in [3.05, 3.63) is 40.4 Å². The zero-order valence-corrected chi connectivity index (χ0v) is 8.71. The Balaban J connectivity index is 1.97. The van der Waals surface area contributed by atoms with Crippen molar-refractivity contribution in [1.82, 2.24) is 5.32 Å². The molecule has 1 heterocycles. The fourth-order valence-corrected chi connectivity index (χ4v) is 2.43. The summed E-state index contributed by atoms with van der Waals surface area (Å²) in [6, 6.07) is 9.22. The molecule has 0 bridgehead atoms. The van der Waals surface area contributed by atoms with Gasteiger partial charge in [0.05, 0.1) is 0 Å². The lowest BCUT2D eigenvalue weighted by molar-refractivity contribution is 0.318. The van der Waals surface area contributed by atoms with Gasteiger partial charge in [0, 0.05) is 23.0 Å². The third kappa shape index (κ3) is 1.09. The predicted molar refractivity (Wildman–Crippen MR) is 57.4 cm³/mol. The summed E-state index contributed by atoms with van der Waals surface area (Å²) in [6.07, 6.45) is 2.33. The molecular weight excluding hydrogens is 226 g/mol. The maximum Gasteiger partial charge on any atom is 0.0337 e. The van der Waals surface area contributed by atoms with Crippen molar-refractivity contribution >= 4 is 21.5 Å². The van der Waals surface area contributed by atoms with Crippen LogP contribution in [-0.4, -0.2) is 12.6 Å². The average molecular weight is 236 g/mol. The van der Waals surface area contributed by atoms with Crippen LogP contribution >= 0.6 is 15.9 Å². The van der Waals surface area contributed by atoms with E-state index in [4.69, 9.17) is 0 Å². The van der Waals surface area contributed by atoms with E-state index in [-0.39, 0.29) is 0 Å². The van der Waals surface area contributed by atoms with Gasteiger partial charge in [0.1, 0.15) is 0 Å². The van der Waals surface area contributed by atoms with Crippen LogP contribution in [-0.2, 0) is 0 Å². The number of halogens is 1. The van der Waals surface area contributed by atoms with E-state index in [9.17, 15) is 0 Å². The van der Waals surface area contributed by atoms with Crippen LogP contribution in [0.1, 0.15) is 5.56 Å². The number of fused-ring (bicyclic) bond motifs is 1. The Morgan fingerprint density at radius 1 is 1.38 bits per heavy atom. The molecular formula is C11H10BrN. The van der Waals surface area contributed by atoms with Crippen molar-refractivity contribution < 1.29 is 0 Å². The Hall–Kier alpha value is -0.600. The first-order valence-electron chi connectivity index (χ1n) is 4.55. The molecule has 2 heteroatoms. The molecule has 1 nitrogen and oxygen atoms in total. The number of rotatable bonds is 1. The van der Waals surface area contributed by atoms with Gasteiger partial charge in [0.2, 0.25) is 0 Å². The molecule has 2 atom stereocenters. The first kappa shape index (κ1) is 7.77. The Kier molecular flexibility index (Phi) is 1.61. The molecule has 0 aromatic heterocycles. The summed E-state index contributed by atoms with van der Waals surface area (Å²) < 4.78 is 1.17. The Morgan fingerprint density at radius 3 is 2.85 bits per heavy atom. The number of benzene rings is 1. The standard InChI is InChI=1S/C11H10BrN/c12-8-3-1-2-7(4-8)9-5-11-10(9)6-13-11/h1-5,10-11,13H,6H2. The van der Waals surface area contributed by atoms with Crippen molar-refractivity contribution in [2.45, 2.75) is 6.04 Å². The summed E-state index contributed by atoms with van der Waals surface area (Å²) in [5, 5.41) is 3.37. The zero-order valence-electron chi connectivity index (χ0n) is 7.13. The molecule has 1 aromatic carbocycles. The Labute approximate surface area is 86.0 Å². The van der Waals surface area contributed by atoms with Gasteiger partial charge < -0.3 is 5.32 Å². The normalized spacial score (nSPS) is 29.8. The van der Waals surface area contributed by atoms with E-state index >= 15 is 0 Å². The molecule has 1 fully saturated rings. The van der Waals surface area contributed by atoms with Gasteiger partial charge in [0.15, 0.2) is 0 Å². The third-order valence-electron chi connectivity index (χ3n) is 2.92. The van der Waals surface area contributed by atoms with Gasteiger partial charge in [-0.15, -0.1) is 0 Å². The molecule has 1 aliphatic carbocycles. The molecule has 2 aliphatic rings. The van der Waals surface area contributed by atoms with E-state index in [0.717, 1.165) is 12.5 Å². The summed E-state index contributed by atoms with van der Waals surface area (Å²) in [4.78, 5) is 0. The van der Waals surface area contributed by atoms with Crippen molar-refractivity contribution in [3.8, 4) is 0 Å². The van der Waals surface area contributed by atoms with Gasteiger partial charge in [0.25, 0.3) is 0 Å². The van der Waals surface area contributed by atoms with Crippen LogP contribution in [0.3, 0.4) is 0 Å². The number of nitrogens with one attached hydrogen (secondary N) is 1. The molecule has 0 amide bonds. The molecule has 66 valence electrons. The first-order valence-corrected chi connectivity index (χ1v) is 5.35. The quantitative estimate of drug-likeness (QED) is 0.789. The topological polar surface area (TPSA) is 12.0 Å². The highest BCUT2D eigenvalue weighted by atomic mass is 79.9. The largest absolute Gasteiger partial charge is 0.309 e. The summed E-state index contributed by atoms with van der Waals surface area (Å²) >= 11 is 3.49. The van der Waals surface area contributed by atoms with E-state index in [1.807, 2.05) is 0 Å². The minimum Gasteiger partial charge on any atom is -0.309 e. The van der Waals surface area contributed by atoms with Crippen LogP contribution in [0.5, 0.6) is 0 Å². The second kappa shape index (κ2) is 2.69. The maximum atomic E-state index is 3.49. The SMILES string of the molecule is Brc1cccc(C2=CC3NCC23)c1. The van der Waals surface area contributed by atoms with Crippen LogP contribution in [0.15, 0.2) is 34.8 Å². The van der Waals surface area contributed by atoms with Crippen molar-refractivity contribution in [1.29, 1.82) is 0 Å². The summed E-state index contributed by atoms with van der Waals surface area (Å²) in [7, 11) is 0. The van der Waals surface area contributed by atoms with Gasteiger partial charge in [-0.3, -0.25) is 0 Å². The minimum absolute atomic E-state index is 0.675. The first-order chi connectivity index (χ1) is 6.34. The molecule has 1 N–H and O–H groups in total. The molecule has 2 unspecified atom stereocenters. The van der Waals surface area contributed by atoms with Gasteiger partial charge in [-0.25, -0.2) is 0 Å². The fraction of sp³-hybridized carbons (Fsp3) is 0.273. The number of hydrogen-bond acceptors (Lipinski definition) is 1. The highest BCUT2D eigenvalue weighted by Crippen LogP contribution is 2.40. The highest BCUT2D eigenvalue weighted by Gasteiger charge is 2.39. The second-order valence-electron chi connectivity index (χ2n) is 3.67. The highest BCUT2D eigenvalue weighted by molar-refractivity contribution is 9.10. The molecule has 1 saturated heterocycles. The van der Waals surface area contributed by atoms with E-state index < -0.39 is 0 Å². The molecule has 1 aliphatic heterocycles. The van der Waals surface area contributed by atoms with Crippen LogP contribution < -0.4 is 5.32 Å². The van der Waals surface area contributed by atoms with E-state index in [0.29, 0.717) is 6.04 Å². The Morgan fingerprint density at radius 2 is 2.31 bits per heavy atom. The van der Waals surface area contributed by atoms with Crippen molar-refractivity contribution in [2.24, 2.45) is 5.92 Å². The molecule has 0 spiro atoms. The lowest BCUT2D eigenvalue weighted by Gasteiger charge is -2.46. The van der Waals surface area contributed by atoms with Crippen LogP contribution in [0.2, 0.25) is 0 Å². The number of hydrogen-bond donors (Lipinski definition) is 1. The van der Waals surface area contributed by atoms with E-state index in [2.05, 4.69) is 51.6 Å². The average Bonchev–Trinajstić information content (AvgIpc) is 2.10. The van der Waals surface area contributed by atoms with Crippen LogP contribution in [0.4, 0.5) is 0 Å². The van der Waals surface area contributed by atoms with E-state index in [1.165, 1.54) is 15.6 Å². The van der Waals surface area contributed by atoms with Gasteiger partial charge in [-0.05, 0) is 23.3 Å². The summed E-state index contributed by atoms with van der Waals surface area (Å²) in [6.45, 7) is 1.16. The molecule has 1 aromatic rings. The van der Waals surface area contributed by atoms with Gasteiger partial charge in [-0.1, -0.05) is 34.1 Å². The third-order valence-corrected chi connectivity index (χ3v) is 3.42. The monoisotopic (exact) mass is 235 g/mol. The zero-order chi connectivity index (χ0) is 8.84. The van der Waals surface area contributed by atoms with Gasteiger partial charge in [-0.2, -0.15) is 0 Å². The van der Waals surface area contributed by atoms with Crippen LogP contribution in [0, 0.1) is 5.92 Å². The molecule has 0 saturated carbocycles. The van der Waals surface area contributed by atoms with Crippen molar-refractivity contribution in [2.75, 3.05) is 6.54 Å². The lowest BCUT2D eigenvalue weighted by Crippen LogP contribution is -2.57. The lowest BCUT2D eigenvalue weighted by atomic mass is 9.71. The molecule has 0 radical (unpaired) electrons. The fourth-order valence-electron chi connectivity index (χ4n) is 2.03. The van der Waals surface area contributed by atoms with E-state index in [1.54, 1.807) is 0 Å². The molecule has 3 rings (SSSR count). The smallest absolute Gasteiger partial charge is 0.0337 e. The van der Waals surface area contributed by atoms with Crippen LogP contribution in [0.25, 0.3) is 5.57 Å².